The summed E-state index contributed by atoms with van der Waals surface area (Å²) in [6.45, 7) is 9.89. The topological polar surface area (TPSA) is 3.24 Å². The molecule has 0 spiro atoms. The number of rotatable bonds is 2. The van der Waals surface area contributed by atoms with Crippen molar-refractivity contribution >= 4 is 0 Å². The van der Waals surface area contributed by atoms with Gasteiger partial charge in [-0.2, -0.15) is 0 Å². The molecule has 2 unspecified atom stereocenters. The third-order valence-corrected chi connectivity index (χ3v) is 5.58. The Balaban J connectivity index is 1.79. The molecular weight excluding hydrogens is 242 g/mol. The van der Waals surface area contributed by atoms with Crippen LogP contribution in [0.2, 0.25) is 0 Å². The molecule has 2 atom stereocenters. The highest BCUT2D eigenvalue weighted by Gasteiger charge is 2.40. The Hall–Kier alpha value is -0.820. The van der Waals surface area contributed by atoms with Gasteiger partial charge in [-0.3, -0.25) is 0 Å². The minimum Gasteiger partial charge on any atom is -0.300 e. The standard InChI is InChI=1S/C19H29N/c1-19(2,3)18-14-20(16-10-7-11-16)13-12-17(18)15-8-5-4-6-9-15/h4-6,8-9,16-18H,7,10-14H2,1-3H3. The Bertz CT molecular complexity index is 427. The molecule has 1 heterocycles. The van der Waals surface area contributed by atoms with Crippen LogP contribution in [0.4, 0.5) is 0 Å². The molecule has 1 nitrogen and oxygen atoms in total. The summed E-state index contributed by atoms with van der Waals surface area (Å²) in [6.07, 6.45) is 5.66. The number of hydrogen-bond acceptors (Lipinski definition) is 1. The lowest BCUT2D eigenvalue weighted by atomic mass is 9.67. The molecule has 0 amide bonds. The fourth-order valence-corrected chi connectivity index (χ4v) is 4.04. The molecule has 110 valence electrons. The summed E-state index contributed by atoms with van der Waals surface area (Å²) in [4.78, 5) is 2.79. The number of nitrogens with zero attached hydrogens (tertiary/aromatic N) is 1. The molecule has 0 radical (unpaired) electrons. The van der Waals surface area contributed by atoms with Crippen molar-refractivity contribution in [3.63, 3.8) is 0 Å². The molecule has 0 aromatic heterocycles. The van der Waals surface area contributed by atoms with Gasteiger partial charge in [0.1, 0.15) is 0 Å². The smallest absolute Gasteiger partial charge is 0.00954 e. The molecule has 20 heavy (non-hydrogen) atoms. The Morgan fingerprint density at radius 1 is 1.00 bits per heavy atom. The normalized spacial score (nSPS) is 29.1. The third kappa shape index (κ3) is 2.79. The molecule has 2 aliphatic rings. The monoisotopic (exact) mass is 271 g/mol. The fourth-order valence-electron chi connectivity index (χ4n) is 4.04. The van der Waals surface area contributed by atoms with Crippen LogP contribution in [0.3, 0.4) is 0 Å². The number of hydrogen-bond donors (Lipinski definition) is 0. The Morgan fingerprint density at radius 3 is 2.25 bits per heavy atom. The van der Waals surface area contributed by atoms with E-state index in [4.69, 9.17) is 0 Å². The molecule has 1 aliphatic carbocycles. The SMILES string of the molecule is CC(C)(C)C1CN(C2CCC2)CCC1c1ccccc1. The van der Waals surface area contributed by atoms with Crippen LogP contribution in [-0.4, -0.2) is 24.0 Å². The van der Waals surface area contributed by atoms with E-state index < -0.39 is 0 Å². The maximum absolute atomic E-state index is 2.79. The van der Waals surface area contributed by atoms with Gasteiger partial charge in [-0.05, 0) is 48.6 Å². The largest absolute Gasteiger partial charge is 0.300 e. The second-order valence-corrected chi connectivity index (χ2v) is 7.86. The van der Waals surface area contributed by atoms with E-state index in [0.717, 1.165) is 17.9 Å². The lowest BCUT2D eigenvalue weighted by Gasteiger charge is -2.49. The lowest BCUT2D eigenvalue weighted by molar-refractivity contribution is 0.0257. The van der Waals surface area contributed by atoms with E-state index >= 15 is 0 Å². The summed E-state index contributed by atoms with van der Waals surface area (Å²) in [5.74, 6) is 1.52. The first-order valence-corrected chi connectivity index (χ1v) is 8.35. The van der Waals surface area contributed by atoms with E-state index in [2.05, 4.69) is 56.0 Å². The second-order valence-electron chi connectivity index (χ2n) is 7.86. The van der Waals surface area contributed by atoms with Gasteiger partial charge in [0.2, 0.25) is 0 Å². The molecule has 1 saturated heterocycles. The zero-order valence-corrected chi connectivity index (χ0v) is 13.3. The van der Waals surface area contributed by atoms with Crippen LogP contribution in [0.5, 0.6) is 0 Å². The summed E-state index contributed by atoms with van der Waals surface area (Å²) in [7, 11) is 0. The molecule has 0 bridgehead atoms. The Kier molecular flexibility index (Phi) is 3.90. The molecule has 1 aromatic carbocycles. The average Bonchev–Trinajstić information content (AvgIpc) is 2.37. The maximum atomic E-state index is 2.79. The highest BCUT2D eigenvalue weighted by Crippen LogP contribution is 2.44. The fraction of sp³-hybridized carbons (Fsp3) is 0.684. The van der Waals surface area contributed by atoms with Crippen LogP contribution in [-0.2, 0) is 0 Å². The predicted molar refractivity (Wildman–Crippen MR) is 86.0 cm³/mol. The van der Waals surface area contributed by atoms with Gasteiger partial charge in [0.25, 0.3) is 0 Å². The predicted octanol–water partition coefficient (Wildman–Crippen LogP) is 4.69. The number of likely N-dealkylation sites (tertiary alicyclic amines) is 1. The zero-order valence-electron chi connectivity index (χ0n) is 13.3. The van der Waals surface area contributed by atoms with E-state index in [1.807, 2.05) is 0 Å². The first kappa shape index (κ1) is 14.1. The van der Waals surface area contributed by atoms with Crippen molar-refractivity contribution in [2.75, 3.05) is 13.1 Å². The van der Waals surface area contributed by atoms with E-state index in [0.29, 0.717) is 5.41 Å². The Labute approximate surface area is 124 Å². The van der Waals surface area contributed by atoms with Gasteiger partial charge in [0.05, 0.1) is 0 Å². The van der Waals surface area contributed by atoms with Crippen LogP contribution in [0.1, 0.15) is 57.9 Å². The second kappa shape index (κ2) is 5.52. The van der Waals surface area contributed by atoms with E-state index in [-0.39, 0.29) is 0 Å². The molecule has 0 N–H and O–H groups in total. The van der Waals surface area contributed by atoms with E-state index in [1.165, 1.54) is 38.8 Å². The summed E-state index contributed by atoms with van der Waals surface area (Å²) in [6, 6.07) is 12.1. The molecular formula is C19H29N. The van der Waals surface area contributed by atoms with Crippen molar-refractivity contribution in [3.8, 4) is 0 Å². The molecule has 3 rings (SSSR count). The first-order valence-electron chi connectivity index (χ1n) is 8.35. The quantitative estimate of drug-likeness (QED) is 0.754. The van der Waals surface area contributed by atoms with Gasteiger partial charge in [-0.1, -0.05) is 57.5 Å². The average molecular weight is 271 g/mol. The molecule has 1 aromatic rings. The van der Waals surface area contributed by atoms with Crippen molar-refractivity contribution in [3.05, 3.63) is 35.9 Å². The van der Waals surface area contributed by atoms with Gasteiger partial charge < -0.3 is 4.90 Å². The van der Waals surface area contributed by atoms with Gasteiger partial charge in [-0.25, -0.2) is 0 Å². The van der Waals surface area contributed by atoms with Gasteiger partial charge >= 0.3 is 0 Å². The summed E-state index contributed by atoms with van der Waals surface area (Å²) >= 11 is 0. The molecule has 1 aliphatic heterocycles. The van der Waals surface area contributed by atoms with Gasteiger partial charge in [0.15, 0.2) is 0 Å². The molecule has 1 saturated carbocycles. The van der Waals surface area contributed by atoms with Crippen LogP contribution in [0.15, 0.2) is 30.3 Å². The van der Waals surface area contributed by atoms with Crippen molar-refractivity contribution in [2.45, 2.75) is 58.4 Å². The number of piperidine rings is 1. The summed E-state index contributed by atoms with van der Waals surface area (Å²) in [5, 5.41) is 0. The van der Waals surface area contributed by atoms with Crippen LogP contribution in [0, 0.1) is 11.3 Å². The van der Waals surface area contributed by atoms with Gasteiger partial charge in [0, 0.05) is 12.6 Å². The number of benzene rings is 1. The first-order chi connectivity index (χ1) is 9.55. The van der Waals surface area contributed by atoms with Crippen molar-refractivity contribution in [1.82, 2.24) is 4.90 Å². The lowest BCUT2D eigenvalue weighted by Crippen LogP contribution is -2.50. The van der Waals surface area contributed by atoms with E-state index in [9.17, 15) is 0 Å². The van der Waals surface area contributed by atoms with Crippen molar-refractivity contribution < 1.29 is 0 Å². The van der Waals surface area contributed by atoms with E-state index in [1.54, 1.807) is 5.56 Å². The summed E-state index contributed by atoms with van der Waals surface area (Å²) < 4.78 is 0. The molecule has 1 heteroatoms. The molecule has 2 fully saturated rings. The van der Waals surface area contributed by atoms with Crippen molar-refractivity contribution in [1.29, 1.82) is 0 Å². The minimum atomic E-state index is 0.392. The third-order valence-electron chi connectivity index (χ3n) is 5.58. The Morgan fingerprint density at radius 2 is 1.70 bits per heavy atom. The minimum absolute atomic E-state index is 0.392. The van der Waals surface area contributed by atoms with Crippen LogP contribution in [0.25, 0.3) is 0 Å². The zero-order chi connectivity index (χ0) is 14.2. The maximum Gasteiger partial charge on any atom is 0.00954 e. The van der Waals surface area contributed by atoms with Gasteiger partial charge in [-0.15, -0.1) is 0 Å². The van der Waals surface area contributed by atoms with Crippen LogP contribution < -0.4 is 0 Å². The highest BCUT2D eigenvalue weighted by atomic mass is 15.2. The summed E-state index contributed by atoms with van der Waals surface area (Å²) in [5.41, 5.74) is 1.95. The highest BCUT2D eigenvalue weighted by molar-refractivity contribution is 5.22. The van der Waals surface area contributed by atoms with Crippen molar-refractivity contribution in [2.24, 2.45) is 11.3 Å². The van der Waals surface area contributed by atoms with Crippen LogP contribution >= 0.6 is 0 Å².